The third kappa shape index (κ3) is 9.07. The second kappa shape index (κ2) is 18.1. The van der Waals surface area contributed by atoms with E-state index in [-0.39, 0.29) is 31.7 Å². The van der Waals surface area contributed by atoms with Crippen LogP contribution in [0.5, 0.6) is 11.5 Å². The van der Waals surface area contributed by atoms with E-state index in [0.29, 0.717) is 12.0 Å². The van der Waals surface area contributed by atoms with Crippen LogP contribution in [0.4, 0.5) is 0 Å². The summed E-state index contributed by atoms with van der Waals surface area (Å²) >= 11 is 0. The number of nitriles is 1. The van der Waals surface area contributed by atoms with Crippen molar-refractivity contribution >= 4 is 8.53 Å². The zero-order valence-corrected chi connectivity index (χ0v) is 32.3. The molecule has 0 radical (unpaired) electrons. The standard InChI is InChI=1S/C40H50N5O7P/c1-27(2)45(28(3)4)53(50-23-11-22-41)52-35-24-37(44-26-29(5)38(46)43-39(44)47)51-36(35)25-42-40(30-12-9-8-10-13-30,31-14-18-33(48-6)19-15-31)32-16-20-34(49-7)21-17-32/h8-10,12-21,26-28,35-37,42H,11,23-25H2,1-7H3,(H,43,46,47). The number of H-pyrrole nitrogens is 1. The molecular weight excluding hydrogens is 693 g/mol. The van der Waals surface area contributed by atoms with Gasteiger partial charge in [0, 0.05) is 36.8 Å². The van der Waals surface area contributed by atoms with Crippen molar-refractivity contribution in [3.05, 3.63) is 128 Å². The maximum Gasteiger partial charge on any atom is 0.330 e. The molecule has 3 aromatic carbocycles. The second-order valence-electron chi connectivity index (χ2n) is 13.5. The number of aromatic amines is 1. The van der Waals surface area contributed by atoms with Crippen LogP contribution < -0.4 is 26.0 Å². The summed E-state index contributed by atoms with van der Waals surface area (Å²) in [6.07, 6.45) is 0.208. The number of nitrogens with one attached hydrogen (secondary N) is 2. The Kier molecular flexibility index (Phi) is 13.6. The Morgan fingerprint density at radius 2 is 1.51 bits per heavy atom. The number of hydrogen-bond donors (Lipinski definition) is 2. The molecule has 0 saturated carbocycles. The monoisotopic (exact) mass is 743 g/mol. The summed E-state index contributed by atoms with van der Waals surface area (Å²) in [7, 11) is 1.64. The van der Waals surface area contributed by atoms with Gasteiger partial charge in [-0.1, -0.05) is 54.6 Å². The molecule has 4 unspecified atom stereocenters. The highest BCUT2D eigenvalue weighted by atomic mass is 31.2. The molecule has 0 bridgehead atoms. The van der Waals surface area contributed by atoms with E-state index in [0.717, 1.165) is 28.2 Å². The molecule has 2 N–H and O–H groups in total. The lowest BCUT2D eigenvalue weighted by Crippen LogP contribution is -2.49. The largest absolute Gasteiger partial charge is 0.497 e. The lowest BCUT2D eigenvalue weighted by Gasteiger charge is -2.39. The Balaban J connectivity index is 1.60. The number of aryl methyl sites for hydroxylation is 1. The lowest BCUT2D eigenvalue weighted by atomic mass is 9.76. The molecule has 1 aliphatic heterocycles. The molecule has 12 nitrogen and oxygen atoms in total. The maximum atomic E-state index is 13.1. The fourth-order valence-corrected chi connectivity index (χ4v) is 8.56. The lowest BCUT2D eigenvalue weighted by molar-refractivity contribution is -0.0197. The third-order valence-electron chi connectivity index (χ3n) is 9.35. The molecule has 5 rings (SSSR count). The highest BCUT2D eigenvalue weighted by molar-refractivity contribution is 7.44. The molecule has 2 heterocycles. The summed E-state index contributed by atoms with van der Waals surface area (Å²) in [5, 5.41) is 13.2. The van der Waals surface area contributed by atoms with Gasteiger partial charge in [-0.25, -0.2) is 9.46 Å². The van der Waals surface area contributed by atoms with Gasteiger partial charge >= 0.3 is 5.69 Å². The maximum absolute atomic E-state index is 13.1. The summed E-state index contributed by atoms with van der Waals surface area (Å²) < 4.78 is 34.6. The Hall–Kier alpha value is -4.34. The van der Waals surface area contributed by atoms with Gasteiger partial charge in [0.15, 0.2) is 0 Å². The smallest absolute Gasteiger partial charge is 0.330 e. The zero-order chi connectivity index (χ0) is 38.1. The first kappa shape index (κ1) is 39.9. The number of hydrogen-bond acceptors (Lipinski definition) is 10. The topological polar surface area (TPSA) is 140 Å². The predicted molar refractivity (Wildman–Crippen MR) is 205 cm³/mol. The quantitative estimate of drug-likeness (QED) is 0.0710. The molecule has 1 saturated heterocycles. The van der Waals surface area contributed by atoms with E-state index in [2.05, 4.69) is 60.9 Å². The molecule has 0 amide bonds. The van der Waals surface area contributed by atoms with E-state index in [9.17, 15) is 14.9 Å². The molecule has 1 aliphatic rings. The first-order valence-electron chi connectivity index (χ1n) is 17.8. The van der Waals surface area contributed by atoms with E-state index in [1.807, 2.05) is 66.7 Å². The van der Waals surface area contributed by atoms with Crippen LogP contribution in [0.1, 0.15) is 69.0 Å². The fraction of sp³-hybridized carbons (Fsp3) is 0.425. The van der Waals surface area contributed by atoms with Crippen molar-refractivity contribution in [1.82, 2.24) is 19.5 Å². The van der Waals surface area contributed by atoms with Crippen molar-refractivity contribution in [2.45, 2.75) is 83.5 Å². The number of benzene rings is 3. The van der Waals surface area contributed by atoms with Crippen molar-refractivity contribution in [3.63, 3.8) is 0 Å². The van der Waals surface area contributed by atoms with Gasteiger partial charge in [0.1, 0.15) is 17.7 Å². The number of methoxy groups -OCH3 is 2. The van der Waals surface area contributed by atoms with E-state index < -0.39 is 43.7 Å². The van der Waals surface area contributed by atoms with Crippen LogP contribution >= 0.6 is 8.53 Å². The van der Waals surface area contributed by atoms with Gasteiger partial charge in [-0.3, -0.25) is 19.7 Å². The molecule has 282 valence electrons. The zero-order valence-electron chi connectivity index (χ0n) is 31.4. The summed E-state index contributed by atoms with van der Waals surface area (Å²) in [6.45, 7) is 10.5. The highest BCUT2D eigenvalue weighted by Crippen LogP contribution is 2.50. The molecule has 53 heavy (non-hydrogen) atoms. The molecule has 0 aliphatic carbocycles. The Labute approximate surface area is 312 Å². The van der Waals surface area contributed by atoms with Crippen molar-refractivity contribution in [2.75, 3.05) is 27.4 Å². The molecule has 4 atom stereocenters. The van der Waals surface area contributed by atoms with Gasteiger partial charge in [0.25, 0.3) is 14.1 Å². The molecule has 1 fully saturated rings. The minimum atomic E-state index is -1.64. The van der Waals surface area contributed by atoms with Crippen LogP contribution in [0, 0.1) is 18.3 Å². The van der Waals surface area contributed by atoms with Crippen molar-refractivity contribution < 1.29 is 23.3 Å². The van der Waals surface area contributed by atoms with Crippen LogP contribution in [0.25, 0.3) is 0 Å². The molecular formula is C40H50N5O7P. The van der Waals surface area contributed by atoms with E-state index >= 15 is 0 Å². The minimum Gasteiger partial charge on any atom is -0.497 e. The van der Waals surface area contributed by atoms with Gasteiger partial charge in [0.2, 0.25) is 0 Å². The predicted octanol–water partition coefficient (Wildman–Crippen LogP) is 6.39. The normalized spacial score (nSPS) is 18.0. The van der Waals surface area contributed by atoms with Crippen LogP contribution in [0.15, 0.2) is 94.6 Å². The average Bonchev–Trinajstić information content (AvgIpc) is 3.56. The number of aromatic nitrogens is 2. The minimum absolute atomic E-state index is 0.0817. The van der Waals surface area contributed by atoms with E-state index in [1.165, 1.54) is 10.8 Å². The number of rotatable bonds is 17. The van der Waals surface area contributed by atoms with Gasteiger partial charge in [-0.15, -0.1) is 0 Å². The Morgan fingerprint density at radius 1 is 0.943 bits per heavy atom. The van der Waals surface area contributed by atoms with Crippen LogP contribution in [-0.4, -0.2) is 65.9 Å². The highest BCUT2D eigenvalue weighted by Gasteiger charge is 2.44. The molecule has 1 aromatic heterocycles. The summed E-state index contributed by atoms with van der Waals surface area (Å²) in [5.41, 5.74) is 1.41. The second-order valence-corrected chi connectivity index (χ2v) is 14.9. The first-order valence-corrected chi connectivity index (χ1v) is 19.0. The summed E-state index contributed by atoms with van der Waals surface area (Å²) in [6, 6.07) is 28.4. The van der Waals surface area contributed by atoms with Crippen LogP contribution in [-0.2, 0) is 19.3 Å². The van der Waals surface area contributed by atoms with Gasteiger partial charge in [0.05, 0.1) is 51.1 Å². The van der Waals surface area contributed by atoms with Gasteiger partial charge in [-0.2, -0.15) is 5.26 Å². The van der Waals surface area contributed by atoms with Crippen molar-refractivity contribution in [1.29, 1.82) is 5.26 Å². The van der Waals surface area contributed by atoms with E-state index in [1.54, 1.807) is 21.1 Å². The first-order chi connectivity index (χ1) is 25.5. The third-order valence-corrected chi connectivity index (χ3v) is 11.5. The van der Waals surface area contributed by atoms with Gasteiger partial charge in [-0.05, 0) is 75.6 Å². The van der Waals surface area contributed by atoms with Crippen LogP contribution in [0.3, 0.4) is 0 Å². The number of ether oxygens (including phenoxy) is 3. The van der Waals surface area contributed by atoms with E-state index in [4.69, 9.17) is 23.3 Å². The van der Waals surface area contributed by atoms with Gasteiger partial charge < -0.3 is 23.3 Å². The Bertz CT molecular complexity index is 1870. The summed E-state index contributed by atoms with van der Waals surface area (Å²) in [4.78, 5) is 27.9. The number of nitrogens with zero attached hydrogens (tertiary/aromatic N) is 3. The molecule has 4 aromatic rings. The van der Waals surface area contributed by atoms with Crippen LogP contribution in [0.2, 0.25) is 0 Å². The Morgan fingerprint density at radius 3 is 2.04 bits per heavy atom. The fourth-order valence-electron chi connectivity index (χ4n) is 6.81. The average molecular weight is 744 g/mol. The summed E-state index contributed by atoms with van der Waals surface area (Å²) in [5.74, 6) is 1.46. The molecule has 13 heteroatoms. The van der Waals surface area contributed by atoms with Crippen molar-refractivity contribution in [2.24, 2.45) is 0 Å². The SMILES string of the molecule is COc1ccc(C(NCC2OC(n3cc(C)c(=O)[nH]c3=O)CC2OP(OCCC#N)N(C(C)C)C(C)C)(c2ccccc2)c2ccc(OC)cc2)cc1. The molecule has 0 spiro atoms. The van der Waals surface area contributed by atoms with Crippen molar-refractivity contribution in [3.8, 4) is 17.6 Å².